The summed E-state index contributed by atoms with van der Waals surface area (Å²) in [6.45, 7) is 11.9. The summed E-state index contributed by atoms with van der Waals surface area (Å²) in [5.74, 6) is 0.465. The number of ether oxygens (including phenoxy) is 1. The van der Waals surface area contributed by atoms with Crippen LogP contribution in [-0.2, 0) is 4.74 Å². The molecule has 1 atom stereocenters. The van der Waals surface area contributed by atoms with Crippen LogP contribution >= 0.6 is 12.2 Å². The van der Waals surface area contributed by atoms with Gasteiger partial charge in [0.05, 0.1) is 6.04 Å². The van der Waals surface area contributed by atoms with Crippen molar-refractivity contribution in [3.8, 4) is 0 Å². The van der Waals surface area contributed by atoms with E-state index in [1.54, 1.807) is 0 Å². The first-order chi connectivity index (χ1) is 9.69. The molecule has 1 rings (SSSR count). The number of piperidine rings is 1. The molecule has 0 aromatic heterocycles. The molecule has 0 spiro atoms. The lowest BCUT2D eigenvalue weighted by Gasteiger charge is -2.34. The average Bonchev–Trinajstić information content (AvgIpc) is 2.35. The summed E-state index contributed by atoms with van der Waals surface area (Å²) in [6.07, 6.45) is 4.09. The first kappa shape index (κ1) is 18.2. The minimum atomic E-state index is -0.487. The summed E-state index contributed by atoms with van der Waals surface area (Å²) >= 11 is 5.63. The molecule has 0 aromatic carbocycles. The van der Waals surface area contributed by atoms with E-state index >= 15 is 0 Å². The molecule has 1 fully saturated rings. The smallest absolute Gasteiger partial charge is 0.408 e. The molecule has 1 N–H and O–H groups in total. The van der Waals surface area contributed by atoms with Crippen LogP contribution < -0.4 is 5.32 Å². The molecule has 1 heterocycles. The lowest BCUT2D eigenvalue weighted by atomic mass is 10.0. The van der Waals surface area contributed by atoms with E-state index in [9.17, 15) is 4.79 Å². The van der Waals surface area contributed by atoms with Crippen molar-refractivity contribution in [1.82, 2.24) is 10.2 Å². The van der Waals surface area contributed by atoms with Gasteiger partial charge in [0.1, 0.15) is 10.6 Å². The zero-order valence-electron chi connectivity index (χ0n) is 14.1. The lowest BCUT2D eigenvalue weighted by Crippen LogP contribution is -2.50. The topological polar surface area (TPSA) is 41.6 Å². The number of nitrogens with zero attached hydrogens (tertiary/aromatic N) is 1. The van der Waals surface area contributed by atoms with Gasteiger partial charge < -0.3 is 15.0 Å². The van der Waals surface area contributed by atoms with E-state index in [0.29, 0.717) is 5.92 Å². The number of hydrogen-bond donors (Lipinski definition) is 1. The first-order valence-corrected chi connectivity index (χ1v) is 8.38. The number of thiocarbonyl (C=S) groups is 1. The Hall–Kier alpha value is -0.840. The van der Waals surface area contributed by atoms with Gasteiger partial charge in [-0.1, -0.05) is 26.1 Å². The fourth-order valence-electron chi connectivity index (χ4n) is 2.48. The number of carbonyl (C=O) groups is 1. The molecule has 0 aliphatic carbocycles. The van der Waals surface area contributed by atoms with Crippen LogP contribution in [0.4, 0.5) is 4.79 Å². The number of carbonyl (C=O) groups excluding carboxylic acids is 1. The Kier molecular flexibility index (Phi) is 6.91. The second-order valence-electron chi connectivity index (χ2n) is 7.21. The molecule has 0 aromatic rings. The van der Waals surface area contributed by atoms with Crippen LogP contribution in [0.5, 0.6) is 0 Å². The van der Waals surface area contributed by atoms with Gasteiger partial charge in [-0.3, -0.25) is 0 Å². The highest BCUT2D eigenvalue weighted by atomic mass is 32.1. The molecule has 1 saturated heterocycles. The maximum absolute atomic E-state index is 12.0. The quantitative estimate of drug-likeness (QED) is 0.803. The monoisotopic (exact) mass is 314 g/mol. The second kappa shape index (κ2) is 7.97. The zero-order valence-corrected chi connectivity index (χ0v) is 14.9. The maximum atomic E-state index is 12.0. The Balaban J connectivity index is 2.65. The van der Waals surface area contributed by atoms with Gasteiger partial charge in [-0.15, -0.1) is 0 Å². The van der Waals surface area contributed by atoms with Gasteiger partial charge in [-0.2, -0.15) is 0 Å². The third-order valence-electron chi connectivity index (χ3n) is 3.36. The van der Waals surface area contributed by atoms with Crippen molar-refractivity contribution in [3.63, 3.8) is 0 Å². The van der Waals surface area contributed by atoms with E-state index in [1.165, 1.54) is 19.3 Å². The molecule has 0 radical (unpaired) electrons. The van der Waals surface area contributed by atoms with E-state index < -0.39 is 5.60 Å². The zero-order chi connectivity index (χ0) is 16.0. The van der Waals surface area contributed by atoms with Gasteiger partial charge >= 0.3 is 6.09 Å². The summed E-state index contributed by atoms with van der Waals surface area (Å²) < 4.78 is 5.36. The highest BCUT2D eigenvalue weighted by molar-refractivity contribution is 7.80. The summed E-state index contributed by atoms with van der Waals surface area (Å²) in [7, 11) is 0. The molecule has 1 amide bonds. The van der Waals surface area contributed by atoms with Crippen LogP contribution in [0.3, 0.4) is 0 Å². The fraction of sp³-hybridized carbons (Fsp3) is 0.875. The van der Waals surface area contributed by atoms with Crippen molar-refractivity contribution >= 4 is 23.3 Å². The average molecular weight is 314 g/mol. The Morgan fingerprint density at radius 1 is 1.24 bits per heavy atom. The van der Waals surface area contributed by atoms with E-state index in [4.69, 9.17) is 17.0 Å². The van der Waals surface area contributed by atoms with Crippen molar-refractivity contribution in [1.29, 1.82) is 0 Å². The standard InChI is InChI=1S/C16H30N2O2S/c1-12(2)11-13(17-15(19)20-16(3,4)5)14(21)18-9-7-6-8-10-18/h12-13H,6-11H2,1-5H3,(H,17,19)/t13-/m0/s1. The minimum Gasteiger partial charge on any atom is -0.444 e. The number of amides is 1. The van der Waals surface area contributed by atoms with Crippen molar-refractivity contribution in [2.75, 3.05) is 13.1 Å². The minimum absolute atomic E-state index is 0.118. The van der Waals surface area contributed by atoms with Crippen LogP contribution in [0.1, 0.15) is 60.3 Å². The molecule has 0 unspecified atom stereocenters. The summed E-state index contributed by atoms with van der Waals surface area (Å²) in [6, 6.07) is -0.118. The van der Waals surface area contributed by atoms with Gasteiger partial charge in [0.25, 0.3) is 0 Å². The fourth-order valence-corrected chi connectivity index (χ4v) is 2.82. The second-order valence-corrected chi connectivity index (χ2v) is 7.63. The number of alkyl carbamates (subject to hydrolysis) is 1. The summed E-state index contributed by atoms with van der Waals surface area (Å²) in [4.78, 5) is 15.1. The molecule has 21 heavy (non-hydrogen) atoms. The van der Waals surface area contributed by atoms with Gasteiger partial charge in [0, 0.05) is 13.1 Å². The first-order valence-electron chi connectivity index (χ1n) is 7.97. The molecule has 1 aliphatic heterocycles. The molecule has 4 nitrogen and oxygen atoms in total. The maximum Gasteiger partial charge on any atom is 0.408 e. The van der Waals surface area contributed by atoms with Crippen molar-refractivity contribution in [2.24, 2.45) is 5.92 Å². The van der Waals surface area contributed by atoms with Gasteiger partial charge in [-0.25, -0.2) is 4.79 Å². The van der Waals surface area contributed by atoms with Crippen LogP contribution in [0, 0.1) is 5.92 Å². The van der Waals surface area contributed by atoms with Crippen LogP contribution in [-0.4, -0.2) is 40.7 Å². The van der Waals surface area contributed by atoms with Gasteiger partial charge in [0.2, 0.25) is 0 Å². The van der Waals surface area contributed by atoms with E-state index in [0.717, 1.165) is 24.5 Å². The molecule has 0 saturated carbocycles. The molecular formula is C16H30N2O2S. The normalized spacial score (nSPS) is 17.5. The SMILES string of the molecule is CC(C)C[C@H](NC(=O)OC(C)(C)C)C(=S)N1CCCCC1. The molecule has 122 valence electrons. The Bertz CT molecular complexity index is 358. The largest absolute Gasteiger partial charge is 0.444 e. The molecule has 0 bridgehead atoms. The van der Waals surface area contributed by atoms with Crippen molar-refractivity contribution in [3.05, 3.63) is 0 Å². The summed E-state index contributed by atoms with van der Waals surface area (Å²) in [5, 5.41) is 2.96. The summed E-state index contributed by atoms with van der Waals surface area (Å²) in [5.41, 5.74) is -0.487. The van der Waals surface area contributed by atoms with Crippen LogP contribution in [0.2, 0.25) is 0 Å². The number of nitrogens with one attached hydrogen (secondary N) is 1. The Morgan fingerprint density at radius 2 is 1.81 bits per heavy atom. The molecule has 1 aliphatic rings. The predicted octanol–water partition coefficient (Wildman–Crippen LogP) is 3.74. The van der Waals surface area contributed by atoms with Gasteiger partial charge in [-0.05, 0) is 52.4 Å². The predicted molar refractivity (Wildman–Crippen MR) is 90.6 cm³/mol. The third-order valence-corrected chi connectivity index (χ3v) is 3.91. The highest BCUT2D eigenvalue weighted by Crippen LogP contribution is 2.16. The van der Waals surface area contributed by atoms with E-state index in [1.807, 2.05) is 20.8 Å². The molecule has 5 heteroatoms. The highest BCUT2D eigenvalue weighted by Gasteiger charge is 2.26. The molecular weight excluding hydrogens is 284 g/mol. The van der Waals surface area contributed by atoms with Crippen molar-refractivity contribution < 1.29 is 9.53 Å². The third kappa shape index (κ3) is 7.11. The number of rotatable bonds is 4. The van der Waals surface area contributed by atoms with Gasteiger partial charge in [0.15, 0.2) is 0 Å². The number of hydrogen-bond acceptors (Lipinski definition) is 3. The van der Waals surface area contributed by atoms with Crippen LogP contribution in [0.15, 0.2) is 0 Å². The van der Waals surface area contributed by atoms with E-state index in [-0.39, 0.29) is 12.1 Å². The van der Waals surface area contributed by atoms with E-state index in [2.05, 4.69) is 24.1 Å². The lowest BCUT2D eigenvalue weighted by molar-refractivity contribution is 0.0512. The Labute approximate surface area is 134 Å². The van der Waals surface area contributed by atoms with Crippen molar-refractivity contribution in [2.45, 2.75) is 71.9 Å². The van der Waals surface area contributed by atoms with Crippen LogP contribution in [0.25, 0.3) is 0 Å². The Morgan fingerprint density at radius 3 is 2.29 bits per heavy atom. The number of likely N-dealkylation sites (tertiary alicyclic amines) is 1.